The third-order valence-corrected chi connectivity index (χ3v) is 6.23. The van der Waals surface area contributed by atoms with E-state index in [4.69, 9.17) is 16.1 Å². The highest BCUT2D eigenvalue weighted by molar-refractivity contribution is 6.30. The fourth-order valence-corrected chi connectivity index (χ4v) is 4.12. The third-order valence-electron chi connectivity index (χ3n) is 6.00. The van der Waals surface area contributed by atoms with Crippen molar-refractivity contribution < 1.29 is 14.1 Å². The van der Waals surface area contributed by atoms with Crippen molar-refractivity contribution in [2.75, 3.05) is 10.6 Å². The summed E-state index contributed by atoms with van der Waals surface area (Å²) in [4.78, 5) is 25.6. The summed E-state index contributed by atoms with van der Waals surface area (Å²) >= 11 is 6.18. The Morgan fingerprint density at radius 2 is 1.74 bits per heavy atom. The molecule has 2 aromatic carbocycles. The lowest BCUT2D eigenvalue weighted by Crippen LogP contribution is -2.16. The van der Waals surface area contributed by atoms with Gasteiger partial charge in [0.2, 0.25) is 5.91 Å². The van der Waals surface area contributed by atoms with Gasteiger partial charge in [0.1, 0.15) is 5.76 Å². The topological polar surface area (TPSA) is 102 Å². The van der Waals surface area contributed by atoms with Gasteiger partial charge in [-0.3, -0.25) is 9.59 Å². The van der Waals surface area contributed by atoms with E-state index in [0.717, 1.165) is 30.0 Å². The third kappa shape index (κ3) is 6.69. The first-order chi connectivity index (χ1) is 18.1. The second kappa shape index (κ2) is 11.6. The number of rotatable bonds is 9. The van der Waals surface area contributed by atoms with Gasteiger partial charge in [0.05, 0.1) is 35.3 Å². The van der Waals surface area contributed by atoms with E-state index in [0.29, 0.717) is 34.1 Å². The normalized spacial score (nSPS) is 11.4. The summed E-state index contributed by atoms with van der Waals surface area (Å²) < 4.78 is 7.12. The zero-order chi connectivity index (χ0) is 27.3. The summed E-state index contributed by atoms with van der Waals surface area (Å²) in [6, 6.07) is 16.2. The number of carbonyl (C=O) groups excluding carboxylic acids is 2. The number of amides is 2. The first-order valence-corrected chi connectivity index (χ1v) is 13.0. The number of anilines is 2. The van der Waals surface area contributed by atoms with Gasteiger partial charge in [0.15, 0.2) is 0 Å². The van der Waals surface area contributed by atoms with Crippen LogP contribution >= 0.6 is 11.6 Å². The molecule has 198 valence electrons. The Balaban J connectivity index is 1.41. The molecule has 0 fully saturated rings. The number of hydrogen-bond acceptors (Lipinski definition) is 5. The van der Waals surface area contributed by atoms with Crippen LogP contribution in [0.1, 0.15) is 68.0 Å². The maximum Gasteiger partial charge on any atom is 0.259 e. The molecule has 2 amide bonds. The van der Waals surface area contributed by atoms with Crippen molar-refractivity contribution in [3.8, 4) is 5.69 Å². The molecular weight excluding hydrogens is 502 g/mol. The average molecular weight is 534 g/mol. The summed E-state index contributed by atoms with van der Waals surface area (Å²) in [5.74, 6) is 0.280. The average Bonchev–Trinajstić information content (AvgIpc) is 3.51. The Morgan fingerprint density at radius 1 is 1.03 bits per heavy atom. The van der Waals surface area contributed by atoms with Gasteiger partial charge < -0.3 is 15.2 Å². The maximum atomic E-state index is 13.2. The van der Waals surface area contributed by atoms with E-state index in [9.17, 15) is 9.59 Å². The van der Waals surface area contributed by atoms with Crippen molar-refractivity contribution in [1.29, 1.82) is 0 Å². The van der Waals surface area contributed by atoms with Crippen LogP contribution < -0.4 is 10.6 Å². The van der Waals surface area contributed by atoms with Crippen LogP contribution in [0.25, 0.3) is 5.69 Å². The molecule has 0 radical (unpaired) electrons. The number of nitrogens with zero attached hydrogens (tertiary/aromatic N) is 3. The van der Waals surface area contributed by atoms with Gasteiger partial charge in [0, 0.05) is 27.9 Å². The summed E-state index contributed by atoms with van der Waals surface area (Å²) in [6.45, 7) is 8.17. The number of aromatic nitrogens is 3. The quantitative estimate of drug-likeness (QED) is 0.253. The molecule has 4 aromatic rings. The highest BCUT2D eigenvalue weighted by Gasteiger charge is 2.21. The molecule has 8 nitrogen and oxygen atoms in total. The molecule has 0 atom stereocenters. The van der Waals surface area contributed by atoms with Crippen LogP contribution in [0.5, 0.6) is 0 Å². The molecule has 0 aliphatic heterocycles. The predicted molar refractivity (Wildman–Crippen MR) is 149 cm³/mol. The molecule has 0 saturated heterocycles. The van der Waals surface area contributed by atoms with Crippen LogP contribution in [0, 0.1) is 0 Å². The van der Waals surface area contributed by atoms with E-state index in [1.54, 1.807) is 41.2 Å². The lowest BCUT2D eigenvalue weighted by molar-refractivity contribution is -0.115. The largest absolute Gasteiger partial charge is 0.361 e. The van der Waals surface area contributed by atoms with Crippen LogP contribution in [-0.2, 0) is 23.1 Å². The van der Waals surface area contributed by atoms with Crippen molar-refractivity contribution in [3.05, 3.63) is 88.5 Å². The van der Waals surface area contributed by atoms with E-state index in [-0.39, 0.29) is 23.7 Å². The number of hydrogen-bond donors (Lipinski definition) is 2. The minimum absolute atomic E-state index is 0.106. The predicted octanol–water partition coefficient (Wildman–Crippen LogP) is 6.59. The Bertz CT molecular complexity index is 1420. The summed E-state index contributed by atoms with van der Waals surface area (Å²) in [6.07, 6.45) is 4.32. The first kappa shape index (κ1) is 27.1. The van der Waals surface area contributed by atoms with Gasteiger partial charge in [-0.25, -0.2) is 4.68 Å². The number of unbranched alkanes of at least 4 members (excludes halogenated alkanes) is 1. The van der Waals surface area contributed by atoms with Gasteiger partial charge in [-0.05, 0) is 55.3 Å². The van der Waals surface area contributed by atoms with E-state index < -0.39 is 0 Å². The van der Waals surface area contributed by atoms with Gasteiger partial charge in [-0.2, -0.15) is 5.10 Å². The number of benzene rings is 2. The standard InChI is InChI=1S/C29H32ClN5O3/c1-5-6-10-25-24(18-31-35(25)23-9-7-8-19(30)15-23)28(37)33-21-13-11-20(12-14-21)32-27(36)17-22-16-26(38-34-22)29(2,3)4/h7-9,11-16,18H,5-6,10,17H2,1-4H3,(H,32,36)(H,33,37). The Labute approximate surface area is 227 Å². The fourth-order valence-electron chi connectivity index (χ4n) is 3.93. The lowest BCUT2D eigenvalue weighted by Gasteiger charge is -2.12. The zero-order valence-corrected chi connectivity index (χ0v) is 22.8. The molecule has 4 rings (SSSR count). The molecule has 0 aliphatic carbocycles. The van der Waals surface area contributed by atoms with Crippen molar-refractivity contribution in [2.45, 2.75) is 58.8 Å². The van der Waals surface area contributed by atoms with E-state index in [2.05, 4.69) is 27.8 Å². The monoisotopic (exact) mass is 533 g/mol. The SMILES string of the molecule is CCCCc1c(C(=O)Nc2ccc(NC(=O)Cc3cc(C(C)(C)C)on3)cc2)cnn1-c1cccc(Cl)c1. The Morgan fingerprint density at radius 3 is 2.37 bits per heavy atom. The lowest BCUT2D eigenvalue weighted by atomic mass is 9.93. The van der Waals surface area contributed by atoms with E-state index >= 15 is 0 Å². The van der Waals surface area contributed by atoms with Crippen LogP contribution in [0.2, 0.25) is 5.02 Å². The van der Waals surface area contributed by atoms with Crippen molar-refractivity contribution in [3.63, 3.8) is 0 Å². The molecule has 2 heterocycles. The van der Waals surface area contributed by atoms with Crippen LogP contribution in [-0.4, -0.2) is 26.8 Å². The summed E-state index contributed by atoms with van der Waals surface area (Å²) in [7, 11) is 0. The molecule has 9 heteroatoms. The summed E-state index contributed by atoms with van der Waals surface area (Å²) in [5, 5.41) is 14.9. The number of nitrogens with one attached hydrogen (secondary N) is 2. The molecule has 0 saturated carbocycles. The van der Waals surface area contributed by atoms with Gasteiger partial charge in [0.25, 0.3) is 5.91 Å². The smallest absolute Gasteiger partial charge is 0.259 e. The molecule has 2 N–H and O–H groups in total. The molecule has 2 aromatic heterocycles. The molecule has 38 heavy (non-hydrogen) atoms. The van der Waals surface area contributed by atoms with E-state index in [1.165, 1.54) is 0 Å². The van der Waals surface area contributed by atoms with Crippen LogP contribution in [0.3, 0.4) is 0 Å². The second-order valence-electron chi connectivity index (χ2n) is 10.2. The van der Waals surface area contributed by atoms with E-state index in [1.807, 2.05) is 45.0 Å². The first-order valence-electron chi connectivity index (χ1n) is 12.6. The minimum atomic E-state index is -0.248. The number of carbonyl (C=O) groups is 2. The van der Waals surface area contributed by atoms with Crippen LogP contribution in [0.15, 0.2) is 65.3 Å². The second-order valence-corrected chi connectivity index (χ2v) is 10.6. The Hall–Kier alpha value is -3.91. The van der Waals surface area contributed by atoms with Gasteiger partial charge in [-0.15, -0.1) is 0 Å². The number of halogens is 1. The highest BCUT2D eigenvalue weighted by Crippen LogP contribution is 2.24. The highest BCUT2D eigenvalue weighted by atomic mass is 35.5. The minimum Gasteiger partial charge on any atom is -0.361 e. The van der Waals surface area contributed by atoms with Crippen molar-refractivity contribution in [1.82, 2.24) is 14.9 Å². The Kier molecular flexibility index (Phi) is 8.32. The van der Waals surface area contributed by atoms with Crippen LogP contribution in [0.4, 0.5) is 11.4 Å². The van der Waals surface area contributed by atoms with Gasteiger partial charge >= 0.3 is 0 Å². The van der Waals surface area contributed by atoms with Crippen molar-refractivity contribution >= 4 is 34.8 Å². The van der Waals surface area contributed by atoms with Gasteiger partial charge in [-0.1, -0.05) is 56.9 Å². The zero-order valence-electron chi connectivity index (χ0n) is 22.0. The maximum absolute atomic E-state index is 13.2. The van der Waals surface area contributed by atoms with Crippen molar-refractivity contribution in [2.24, 2.45) is 0 Å². The summed E-state index contributed by atoms with van der Waals surface area (Å²) in [5.41, 5.74) is 3.78. The molecule has 0 aliphatic rings. The molecule has 0 spiro atoms. The molecule has 0 unspecified atom stereocenters. The molecular formula is C29H32ClN5O3. The fraction of sp³-hybridized carbons (Fsp3) is 0.310. The molecule has 0 bridgehead atoms.